The van der Waals surface area contributed by atoms with Gasteiger partial charge >= 0.3 is 0 Å². The van der Waals surface area contributed by atoms with Crippen molar-refractivity contribution in [2.75, 3.05) is 18.1 Å². The van der Waals surface area contributed by atoms with Crippen molar-refractivity contribution in [1.29, 1.82) is 0 Å². The molecular formula is C13H22N2OS. The van der Waals surface area contributed by atoms with E-state index in [0.717, 1.165) is 31.4 Å². The van der Waals surface area contributed by atoms with Crippen molar-refractivity contribution in [3.63, 3.8) is 0 Å². The lowest BCUT2D eigenvalue weighted by molar-refractivity contribution is -0.122. The highest BCUT2D eigenvalue weighted by Gasteiger charge is 2.29. The van der Waals surface area contributed by atoms with Gasteiger partial charge in [0.1, 0.15) is 0 Å². The molecule has 4 heteroatoms. The Kier molecular flexibility index (Phi) is 6.46. The van der Waals surface area contributed by atoms with Crippen molar-refractivity contribution in [2.24, 2.45) is 5.73 Å². The van der Waals surface area contributed by atoms with Crippen LogP contribution >= 0.6 is 11.8 Å². The first kappa shape index (κ1) is 14.4. The Morgan fingerprint density at radius 2 is 2.12 bits per heavy atom. The van der Waals surface area contributed by atoms with Gasteiger partial charge in [0.25, 0.3) is 0 Å². The minimum absolute atomic E-state index is 0.0794. The molecule has 0 radical (unpaired) electrons. The molecule has 1 saturated carbocycles. The first-order valence-corrected chi connectivity index (χ1v) is 7.38. The number of thioether (sulfide) groups is 1. The lowest BCUT2D eigenvalue weighted by atomic mass is 9.80. The number of hydrogen-bond donors (Lipinski definition) is 2. The average Bonchev–Trinajstić information content (AvgIpc) is 2.29. The number of nitrogens with one attached hydrogen (secondary N) is 1. The topological polar surface area (TPSA) is 55.1 Å². The smallest absolute Gasteiger partial charge is 0.221 e. The zero-order valence-corrected chi connectivity index (χ0v) is 11.2. The molecule has 17 heavy (non-hydrogen) atoms. The second kappa shape index (κ2) is 7.62. The lowest BCUT2D eigenvalue weighted by Gasteiger charge is -2.32. The zero-order chi connectivity index (χ0) is 12.6. The average molecular weight is 254 g/mol. The molecule has 96 valence electrons. The maximum Gasteiger partial charge on any atom is 0.221 e. The number of rotatable bonds is 6. The van der Waals surface area contributed by atoms with Gasteiger partial charge in [0.2, 0.25) is 5.91 Å². The molecule has 1 fully saturated rings. The molecule has 1 rings (SSSR count). The quantitative estimate of drug-likeness (QED) is 0.558. The molecule has 0 saturated heterocycles. The van der Waals surface area contributed by atoms with Crippen LogP contribution in [0.15, 0.2) is 0 Å². The Balaban J connectivity index is 2.13. The first-order valence-electron chi connectivity index (χ1n) is 6.23. The van der Waals surface area contributed by atoms with E-state index >= 15 is 0 Å². The molecule has 0 atom stereocenters. The van der Waals surface area contributed by atoms with Crippen LogP contribution in [0.1, 0.15) is 38.5 Å². The predicted molar refractivity (Wildman–Crippen MR) is 73.8 cm³/mol. The van der Waals surface area contributed by atoms with Crippen LogP contribution in [0.5, 0.6) is 0 Å². The van der Waals surface area contributed by atoms with Crippen LogP contribution < -0.4 is 11.1 Å². The normalized spacial score (nSPS) is 18.4. The van der Waals surface area contributed by atoms with Crippen LogP contribution in [0.25, 0.3) is 0 Å². The summed E-state index contributed by atoms with van der Waals surface area (Å²) in [5.74, 6) is 4.21. The Hall–Kier alpha value is -0.660. The fourth-order valence-corrected chi connectivity index (χ4v) is 2.72. The number of hydrogen-bond acceptors (Lipinski definition) is 3. The molecular weight excluding hydrogens is 232 g/mol. The highest BCUT2D eigenvalue weighted by atomic mass is 32.2. The molecule has 3 N–H and O–H groups in total. The van der Waals surface area contributed by atoms with E-state index in [2.05, 4.69) is 11.2 Å². The van der Waals surface area contributed by atoms with Crippen LogP contribution in [0.3, 0.4) is 0 Å². The third kappa shape index (κ3) is 5.99. The van der Waals surface area contributed by atoms with Crippen molar-refractivity contribution in [3.8, 4) is 12.3 Å². The molecule has 1 aliphatic rings. The molecule has 1 amide bonds. The summed E-state index contributed by atoms with van der Waals surface area (Å²) in [6, 6.07) is 0. The third-order valence-electron chi connectivity index (χ3n) is 3.12. The molecule has 0 spiro atoms. The first-order chi connectivity index (χ1) is 8.16. The summed E-state index contributed by atoms with van der Waals surface area (Å²) in [6.07, 6.45) is 11.1. The van der Waals surface area contributed by atoms with E-state index in [-0.39, 0.29) is 11.4 Å². The molecule has 0 aromatic heterocycles. The van der Waals surface area contributed by atoms with Gasteiger partial charge < -0.3 is 11.1 Å². The Labute approximate surface area is 108 Å². The Morgan fingerprint density at radius 3 is 2.76 bits per heavy atom. The fraction of sp³-hybridized carbons (Fsp3) is 0.769. The zero-order valence-electron chi connectivity index (χ0n) is 10.3. The molecule has 0 aromatic carbocycles. The molecule has 1 aliphatic carbocycles. The highest BCUT2D eigenvalue weighted by molar-refractivity contribution is 7.99. The van der Waals surface area contributed by atoms with Crippen molar-refractivity contribution >= 4 is 17.7 Å². The van der Waals surface area contributed by atoms with Crippen LogP contribution in [-0.2, 0) is 4.79 Å². The second-order valence-electron chi connectivity index (χ2n) is 4.71. The Bertz CT molecular complexity index is 280. The third-order valence-corrected chi connectivity index (χ3v) is 3.98. The SMILES string of the molecule is C#CCSCCNC(=O)CC1(N)CCCCC1. The summed E-state index contributed by atoms with van der Waals surface area (Å²) < 4.78 is 0. The van der Waals surface area contributed by atoms with E-state index in [1.54, 1.807) is 11.8 Å². The van der Waals surface area contributed by atoms with Gasteiger partial charge in [0.05, 0.1) is 5.75 Å². The highest BCUT2D eigenvalue weighted by Crippen LogP contribution is 2.28. The number of terminal acetylenes is 1. The van der Waals surface area contributed by atoms with E-state index in [1.807, 2.05) is 0 Å². The minimum atomic E-state index is -0.256. The number of carbonyl (C=O) groups excluding carboxylic acids is 1. The van der Waals surface area contributed by atoms with Gasteiger partial charge in [0.15, 0.2) is 0 Å². The molecule has 0 aliphatic heterocycles. The summed E-state index contributed by atoms with van der Waals surface area (Å²) >= 11 is 1.66. The molecule has 0 unspecified atom stereocenters. The van der Waals surface area contributed by atoms with E-state index in [9.17, 15) is 4.79 Å². The van der Waals surface area contributed by atoms with Crippen LogP contribution in [0.2, 0.25) is 0 Å². The molecule has 3 nitrogen and oxygen atoms in total. The van der Waals surface area contributed by atoms with Crippen LogP contribution in [0, 0.1) is 12.3 Å². The summed E-state index contributed by atoms with van der Waals surface area (Å²) in [4.78, 5) is 11.7. The van der Waals surface area contributed by atoms with Gasteiger partial charge in [0, 0.05) is 24.3 Å². The molecule has 0 heterocycles. The molecule has 0 bridgehead atoms. The maximum absolute atomic E-state index is 11.7. The van der Waals surface area contributed by atoms with Gasteiger partial charge in [-0.05, 0) is 12.8 Å². The summed E-state index contributed by atoms with van der Waals surface area (Å²) in [5.41, 5.74) is 5.96. The van der Waals surface area contributed by atoms with Gasteiger partial charge in [-0.15, -0.1) is 18.2 Å². The maximum atomic E-state index is 11.7. The summed E-state index contributed by atoms with van der Waals surface area (Å²) in [7, 11) is 0. The predicted octanol–water partition coefficient (Wildman–Crippen LogP) is 1.52. The van der Waals surface area contributed by atoms with Crippen molar-refractivity contribution in [2.45, 2.75) is 44.1 Å². The van der Waals surface area contributed by atoms with E-state index in [0.29, 0.717) is 18.7 Å². The van der Waals surface area contributed by atoms with Crippen LogP contribution in [-0.4, -0.2) is 29.5 Å². The lowest BCUT2D eigenvalue weighted by Crippen LogP contribution is -2.46. The monoisotopic (exact) mass is 254 g/mol. The van der Waals surface area contributed by atoms with Gasteiger partial charge in [-0.2, -0.15) is 0 Å². The minimum Gasteiger partial charge on any atom is -0.355 e. The van der Waals surface area contributed by atoms with Crippen molar-refractivity contribution in [3.05, 3.63) is 0 Å². The second-order valence-corrected chi connectivity index (χ2v) is 5.81. The Morgan fingerprint density at radius 1 is 1.41 bits per heavy atom. The van der Waals surface area contributed by atoms with Gasteiger partial charge in [-0.25, -0.2) is 0 Å². The van der Waals surface area contributed by atoms with Crippen molar-refractivity contribution in [1.82, 2.24) is 5.32 Å². The standard InChI is InChI=1S/C13H22N2OS/c1-2-9-17-10-8-15-12(16)11-13(14)6-4-3-5-7-13/h1H,3-11,14H2,(H,15,16). The van der Waals surface area contributed by atoms with Crippen LogP contribution in [0.4, 0.5) is 0 Å². The largest absolute Gasteiger partial charge is 0.355 e. The van der Waals surface area contributed by atoms with Gasteiger partial charge in [-0.1, -0.05) is 25.2 Å². The summed E-state index contributed by atoms with van der Waals surface area (Å²) in [5, 5.41) is 2.91. The fourth-order valence-electron chi connectivity index (χ4n) is 2.21. The number of amides is 1. The van der Waals surface area contributed by atoms with E-state index in [4.69, 9.17) is 12.2 Å². The molecule has 0 aromatic rings. The van der Waals surface area contributed by atoms with E-state index in [1.165, 1.54) is 6.42 Å². The number of nitrogens with two attached hydrogens (primary N) is 1. The van der Waals surface area contributed by atoms with Gasteiger partial charge in [-0.3, -0.25) is 4.79 Å². The number of carbonyl (C=O) groups is 1. The summed E-state index contributed by atoms with van der Waals surface area (Å²) in [6.45, 7) is 0.682. The van der Waals surface area contributed by atoms with Crippen molar-refractivity contribution < 1.29 is 4.79 Å². The van der Waals surface area contributed by atoms with E-state index < -0.39 is 0 Å².